The highest BCUT2D eigenvalue weighted by atomic mass is 32.2. The number of sulfonamides is 1. The summed E-state index contributed by atoms with van der Waals surface area (Å²) in [5.41, 5.74) is 0.823. The fraction of sp³-hybridized carbons (Fsp3) is 0.364. The summed E-state index contributed by atoms with van der Waals surface area (Å²) < 4.78 is 24.5. The minimum atomic E-state index is -3.61. The summed E-state index contributed by atoms with van der Waals surface area (Å²) in [5, 5.41) is 2.63. The van der Waals surface area contributed by atoms with Gasteiger partial charge in [-0.25, -0.2) is 8.42 Å². The van der Waals surface area contributed by atoms with Crippen LogP contribution in [0.2, 0.25) is 0 Å². The first-order valence-electron chi connectivity index (χ1n) is 5.24. The van der Waals surface area contributed by atoms with Crippen molar-refractivity contribution in [1.82, 2.24) is 9.79 Å². The van der Waals surface area contributed by atoms with Gasteiger partial charge in [-0.05, 0) is 17.7 Å². The van der Waals surface area contributed by atoms with E-state index in [0.29, 0.717) is 6.54 Å². The molecule has 0 atom stereocenters. The number of hydrogen-bond acceptors (Lipinski definition) is 4. The van der Waals surface area contributed by atoms with Gasteiger partial charge in [0.15, 0.2) is 0 Å². The Morgan fingerprint density at radius 2 is 1.89 bits per heavy atom. The van der Waals surface area contributed by atoms with E-state index in [2.05, 4.69) is 10.2 Å². The molecule has 100 valence electrons. The Hall–Kier alpha value is -1.44. The van der Waals surface area contributed by atoms with E-state index < -0.39 is 10.0 Å². The van der Waals surface area contributed by atoms with E-state index in [-0.39, 0.29) is 10.8 Å². The maximum Gasteiger partial charge on any atom is 0.264 e. The molecule has 0 saturated heterocycles. The maximum atomic E-state index is 11.9. The van der Waals surface area contributed by atoms with E-state index in [1.165, 1.54) is 33.2 Å². The van der Waals surface area contributed by atoms with E-state index in [0.717, 1.165) is 10.0 Å². The van der Waals surface area contributed by atoms with Gasteiger partial charge in [0.2, 0.25) is 5.91 Å². The molecule has 0 fully saturated rings. The van der Waals surface area contributed by atoms with E-state index in [1.807, 2.05) is 0 Å². The van der Waals surface area contributed by atoms with Crippen molar-refractivity contribution in [3.8, 4) is 0 Å². The number of hydroxylamine groups is 1. The highest BCUT2D eigenvalue weighted by Gasteiger charge is 2.20. The van der Waals surface area contributed by atoms with Gasteiger partial charge in [0.1, 0.15) is 0 Å². The van der Waals surface area contributed by atoms with Gasteiger partial charge in [-0.1, -0.05) is 16.6 Å². The molecule has 0 radical (unpaired) electrons. The second kappa shape index (κ2) is 5.94. The van der Waals surface area contributed by atoms with E-state index in [9.17, 15) is 13.2 Å². The third kappa shape index (κ3) is 3.52. The van der Waals surface area contributed by atoms with Gasteiger partial charge in [-0.3, -0.25) is 9.63 Å². The van der Waals surface area contributed by atoms with Crippen LogP contribution in [0.3, 0.4) is 0 Å². The van der Waals surface area contributed by atoms with Gasteiger partial charge in [-0.2, -0.15) is 0 Å². The maximum absolute atomic E-state index is 11.9. The first-order valence-corrected chi connectivity index (χ1v) is 6.68. The van der Waals surface area contributed by atoms with E-state index >= 15 is 0 Å². The number of amides is 1. The molecule has 1 aromatic rings. The predicted octanol–water partition coefficient (Wildman–Crippen LogP) is 0.505. The van der Waals surface area contributed by atoms with Crippen LogP contribution in [0.15, 0.2) is 29.2 Å². The number of nitrogens with zero attached hydrogens (tertiary/aromatic N) is 1. The molecular weight excluding hydrogens is 256 g/mol. The Bertz CT molecular complexity index is 510. The lowest BCUT2D eigenvalue weighted by Gasteiger charge is -2.14. The van der Waals surface area contributed by atoms with Crippen LogP contribution >= 0.6 is 0 Å². The van der Waals surface area contributed by atoms with Crippen LogP contribution in [0.25, 0.3) is 0 Å². The van der Waals surface area contributed by atoms with Crippen molar-refractivity contribution in [1.29, 1.82) is 0 Å². The Balaban J connectivity index is 2.86. The second-order valence-corrected chi connectivity index (χ2v) is 5.59. The van der Waals surface area contributed by atoms with Crippen molar-refractivity contribution in [3.05, 3.63) is 29.8 Å². The van der Waals surface area contributed by atoms with Gasteiger partial charge in [-0.15, -0.1) is 0 Å². The number of rotatable bonds is 5. The minimum Gasteiger partial charge on any atom is -0.352 e. The number of hydrogen-bond donors (Lipinski definition) is 1. The summed E-state index contributed by atoms with van der Waals surface area (Å²) in [6.45, 7) is 1.79. The molecule has 0 aliphatic rings. The molecule has 6 nitrogen and oxygen atoms in total. The average molecular weight is 272 g/mol. The molecule has 1 N–H and O–H groups in total. The second-order valence-electron chi connectivity index (χ2n) is 3.65. The summed E-state index contributed by atoms with van der Waals surface area (Å²) in [4.78, 5) is 15.5. The molecule has 0 heterocycles. The lowest BCUT2D eigenvalue weighted by Crippen LogP contribution is -2.25. The van der Waals surface area contributed by atoms with Crippen molar-refractivity contribution in [2.75, 3.05) is 14.2 Å². The van der Waals surface area contributed by atoms with Crippen molar-refractivity contribution in [3.63, 3.8) is 0 Å². The molecule has 0 aromatic heterocycles. The standard InChI is InChI=1S/C11H16N2O4S/c1-9(14)12-8-10-4-6-11(7-5-10)18(15,16)13(2)17-3/h4-7H,8H2,1-3H3,(H,12,14). The predicted molar refractivity (Wildman–Crippen MR) is 65.9 cm³/mol. The molecule has 0 spiro atoms. The highest BCUT2D eigenvalue weighted by molar-refractivity contribution is 7.89. The largest absolute Gasteiger partial charge is 0.352 e. The molecule has 1 amide bonds. The molecule has 0 aliphatic heterocycles. The van der Waals surface area contributed by atoms with Crippen LogP contribution in [0.4, 0.5) is 0 Å². The number of carbonyl (C=O) groups excluding carboxylic acids is 1. The topological polar surface area (TPSA) is 75.7 Å². The summed E-state index contributed by atoms with van der Waals surface area (Å²) >= 11 is 0. The third-order valence-corrected chi connectivity index (χ3v) is 4.05. The molecule has 7 heteroatoms. The SMILES string of the molecule is CON(C)S(=O)(=O)c1ccc(CNC(C)=O)cc1. The van der Waals surface area contributed by atoms with E-state index in [1.54, 1.807) is 12.1 Å². The first-order chi connectivity index (χ1) is 8.37. The van der Waals surface area contributed by atoms with Gasteiger partial charge >= 0.3 is 0 Å². The first kappa shape index (κ1) is 14.6. The van der Waals surface area contributed by atoms with Crippen LogP contribution in [-0.2, 0) is 26.2 Å². The van der Waals surface area contributed by atoms with Crippen LogP contribution in [-0.4, -0.2) is 33.0 Å². The zero-order valence-electron chi connectivity index (χ0n) is 10.5. The van der Waals surface area contributed by atoms with Crippen molar-refractivity contribution < 1.29 is 18.0 Å². The molecule has 0 unspecified atom stereocenters. The zero-order chi connectivity index (χ0) is 13.8. The average Bonchev–Trinajstić information content (AvgIpc) is 2.35. The van der Waals surface area contributed by atoms with Crippen LogP contribution in [0.5, 0.6) is 0 Å². The Morgan fingerprint density at radius 3 is 2.33 bits per heavy atom. The Kier molecular flexibility index (Phi) is 4.83. The Labute approximate surface area is 107 Å². The summed E-state index contributed by atoms with van der Waals surface area (Å²) in [7, 11) is -1.01. The molecule has 0 saturated carbocycles. The molecular formula is C11H16N2O4S. The third-order valence-electron chi connectivity index (χ3n) is 2.36. The van der Waals surface area contributed by atoms with Crippen molar-refractivity contribution in [2.45, 2.75) is 18.4 Å². The molecule has 0 aliphatic carbocycles. The molecule has 1 aromatic carbocycles. The van der Waals surface area contributed by atoms with Gasteiger partial charge in [0.05, 0.1) is 12.0 Å². The fourth-order valence-corrected chi connectivity index (χ4v) is 2.23. The summed E-state index contributed by atoms with van der Waals surface area (Å²) in [6, 6.07) is 6.24. The number of carbonyl (C=O) groups is 1. The van der Waals surface area contributed by atoms with Gasteiger partial charge in [0, 0.05) is 20.5 Å². The highest BCUT2D eigenvalue weighted by Crippen LogP contribution is 2.15. The van der Waals surface area contributed by atoms with Gasteiger partial charge < -0.3 is 5.32 Å². The quantitative estimate of drug-likeness (QED) is 0.792. The lowest BCUT2D eigenvalue weighted by atomic mass is 10.2. The normalized spacial score (nSPS) is 11.6. The van der Waals surface area contributed by atoms with Crippen molar-refractivity contribution in [2.24, 2.45) is 0 Å². The Morgan fingerprint density at radius 1 is 1.33 bits per heavy atom. The minimum absolute atomic E-state index is 0.134. The monoisotopic (exact) mass is 272 g/mol. The van der Waals surface area contributed by atoms with Crippen LogP contribution in [0.1, 0.15) is 12.5 Å². The number of nitrogens with one attached hydrogen (secondary N) is 1. The van der Waals surface area contributed by atoms with Crippen LogP contribution in [0, 0.1) is 0 Å². The number of benzene rings is 1. The molecule has 18 heavy (non-hydrogen) atoms. The molecule has 1 rings (SSSR count). The summed E-state index contributed by atoms with van der Waals surface area (Å²) in [6.07, 6.45) is 0. The van der Waals surface area contributed by atoms with E-state index in [4.69, 9.17) is 0 Å². The molecule has 0 bridgehead atoms. The lowest BCUT2D eigenvalue weighted by molar-refractivity contribution is -0.119. The van der Waals surface area contributed by atoms with Crippen molar-refractivity contribution >= 4 is 15.9 Å². The fourth-order valence-electron chi connectivity index (χ4n) is 1.25. The zero-order valence-corrected chi connectivity index (χ0v) is 11.3. The van der Waals surface area contributed by atoms with Gasteiger partial charge in [0.25, 0.3) is 10.0 Å². The van der Waals surface area contributed by atoms with Crippen LogP contribution < -0.4 is 5.32 Å². The smallest absolute Gasteiger partial charge is 0.264 e. The summed E-state index contributed by atoms with van der Waals surface area (Å²) in [5.74, 6) is -0.134.